The summed E-state index contributed by atoms with van der Waals surface area (Å²) >= 11 is 11.7. The van der Waals surface area contributed by atoms with Crippen molar-refractivity contribution in [3.63, 3.8) is 0 Å². The van der Waals surface area contributed by atoms with Gasteiger partial charge in [0.05, 0.1) is 0 Å². The monoisotopic (exact) mass is 333 g/mol. The number of alkyl halides is 1. The third kappa shape index (κ3) is 2.94. The van der Waals surface area contributed by atoms with Crippen molar-refractivity contribution in [3.05, 3.63) is 28.8 Å². The van der Waals surface area contributed by atoms with Gasteiger partial charge in [-0.2, -0.15) is 11.8 Å². The van der Waals surface area contributed by atoms with Crippen molar-refractivity contribution in [1.29, 1.82) is 0 Å². The number of thioether (sulfide) groups is 1. The maximum atomic E-state index is 6.06. The van der Waals surface area contributed by atoms with E-state index in [0.29, 0.717) is 11.3 Å². The number of anilines is 1. The van der Waals surface area contributed by atoms with Gasteiger partial charge in [-0.15, -0.1) is 0 Å². The minimum absolute atomic E-state index is 0.577. The molecule has 0 saturated carbocycles. The zero-order valence-corrected chi connectivity index (χ0v) is 13.3. The number of nitrogens with zero attached hydrogens (tertiary/aromatic N) is 1. The minimum atomic E-state index is 0.577. The van der Waals surface area contributed by atoms with Crippen LogP contribution in [0.5, 0.6) is 0 Å². The zero-order chi connectivity index (χ0) is 12.4. The van der Waals surface area contributed by atoms with Crippen molar-refractivity contribution >= 4 is 45.0 Å². The van der Waals surface area contributed by atoms with Crippen LogP contribution >= 0.6 is 39.3 Å². The van der Waals surface area contributed by atoms with Crippen LogP contribution in [-0.4, -0.2) is 23.6 Å². The third-order valence-corrected chi connectivity index (χ3v) is 5.56. The maximum Gasteiger partial charge on any atom is 0.0411 e. The molecule has 94 valence electrons. The summed E-state index contributed by atoms with van der Waals surface area (Å²) in [6.45, 7) is 5.74. The lowest BCUT2D eigenvalue weighted by atomic mass is 10.1. The van der Waals surface area contributed by atoms with Gasteiger partial charge in [0.2, 0.25) is 0 Å². The summed E-state index contributed by atoms with van der Waals surface area (Å²) < 4.78 is 0. The van der Waals surface area contributed by atoms with Gasteiger partial charge in [-0.25, -0.2) is 0 Å². The van der Waals surface area contributed by atoms with Crippen LogP contribution in [0.1, 0.15) is 19.4 Å². The molecule has 17 heavy (non-hydrogen) atoms. The van der Waals surface area contributed by atoms with Crippen molar-refractivity contribution in [3.8, 4) is 0 Å². The van der Waals surface area contributed by atoms with E-state index in [9.17, 15) is 0 Å². The molecule has 0 aromatic heterocycles. The maximum absolute atomic E-state index is 6.06. The van der Waals surface area contributed by atoms with Crippen molar-refractivity contribution in [2.45, 2.75) is 30.5 Å². The predicted molar refractivity (Wildman–Crippen MR) is 82.8 cm³/mol. The Balaban J connectivity index is 2.32. The van der Waals surface area contributed by atoms with Gasteiger partial charge in [0.15, 0.2) is 0 Å². The van der Waals surface area contributed by atoms with E-state index >= 15 is 0 Å². The van der Waals surface area contributed by atoms with Crippen LogP contribution in [0, 0.1) is 0 Å². The second kappa shape index (κ2) is 5.85. The molecule has 0 bridgehead atoms. The standard InChI is InChI=1S/C13H17BrClNS/c1-9-10(2)17-6-5-16(9)13-4-3-12(15)7-11(13)8-14/h3-4,7,9-10H,5-6,8H2,1-2H3. The van der Waals surface area contributed by atoms with Crippen molar-refractivity contribution in [2.24, 2.45) is 0 Å². The lowest BCUT2D eigenvalue weighted by molar-refractivity contribution is 0.626. The summed E-state index contributed by atoms with van der Waals surface area (Å²) in [6.07, 6.45) is 0. The Morgan fingerprint density at radius 1 is 1.47 bits per heavy atom. The molecule has 1 fully saturated rings. The first-order valence-electron chi connectivity index (χ1n) is 5.86. The molecule has 0 spiro atoms. The number of rotatable bonds is 2. The number of halogens is 2. The van der Waals surface area contributed by atoms with Gasteiger partial charge in [-0.1, -0.05) is 34.5 Å². The molecule has 2 unspecified atom stereocenters. The molecular formula is C13H17BrClNS. The number of benzene rings is 1. The van der Waals surface area contributed by atoms with Crippen LogP contribution in [0.3, 0.4) is 0 Å². The molecule has 1 aliphatic heterocycles. The van der Waals surface area contributed by atoms with Gasteiger partial charge in [-0.05, 0) is 30.7 Å². The lowest BCUT2D eigenvalue weighted by Crippen LogP contribution is -2.45. The number of hydrogen-bond donors (Lipinski definition) is 0. The molecule has 1 nitrogen and oxygen atoms in total. The minimum Gasteiger partial charge on any atom is -0.367 e. The highest BCUT2D eigenvalue weighted by Gasteiger charge is 2.26. The predicted octanol–water partition coefficient (Wildman–Crippen LogP) is 4.57. The Bertz CT molecular complexity index is 399. The molecular weight excluding hydrogens is 318 g/mol. The van der Waals surface area contributed by atoms with Gasteiger partial charge < -0.3 is 4.90 Å². The van der Waals surface area contributed by atoms with Crippen LogP contribution in [-0.2, 0) is 5.33 Å². The van der Waals surface area contributed by atoms with Crippen molar-refractivity contribution in [1.82, 2.24) is 0 Å². The summed E-state index contributed by atoms with van der Waals surface area (Å²) in [4.78, 5) is 2.51. The molecule has 2 atom stereocenters. The summed E-state index contributed by atoms with van der Waals surface area (Å²) in [7, 11) is 0. The molecule has 0 radical (unpaired) electrons. The Morgan fingerprint density at radius 2 is 2.24 bits per heavy atom. The van der Waals surface area contributed by atoms with E-state index < -0.39 is 0 Å². The fraction of sp³-hybridized carbons (Fsp3) is 0.538. The van der Waals surface area contributed by atoms with E-state index in [-0.39, 0.29) is 0 Å². The highest BCUT2D eigenvalue weighted by atomic mass is 79.9. The molecule has 2 rings (SSSR count). The van der Waals surface area contributed by atoms with Gasteiger partial charge in [0.25, 0.3) is 0 Å². The SMILES string of the molecule is CC1SCCN(c2ccc(Cl)cc2CBr)C1C. The molecule has 0 amide bonds. The van der Waals surface area contributed by atoms with E-state index in [1.54, 1.807) is 0 Å². The molecule has 1 saturated heterocycles. The summed E-state index contributed by atoms with van der Waals surface area (Å²) in [5, 5.41) is 2.35. The Labute approximate surface area is 121 Å². The fourth-order valence-electron chi connectivity index (χ4n) is 2.21. The van der Waals surface area contributed by atoms with Gasteiger partial charge in [0.1, 0.15) is 0 Å². The second-order valence-electron chi connectivity index (χ2n) is 4.42. The normalized spacial score (nSPS) is 25.1. The first-order chi connectivity index (χ1) is 8.13. The Kier molecular flexibility index (Phi) is 4.67. The van der Waals surface area contributed by atoms with Crippen LogP contribution in [0.2, 0.25) is 5.02 Å². The van der Waals surface area contributed by atoms with Crippen molar-refractivity contribution < 1.29 is 0 Å². The largest absolute Gasteiger partial charge is 0.367 e. The molecule has 1 aromatic carbocycles. The third-order valence-electron chi connectivity index (χ3n) is 3.38. The average molecular weight is 335 g/mol. The first kappa shape index (κ1) is 13.6. The van der Waals surface area contributed by atoms with Gasteiger partial charge >= 0.3 is 0 Å². The van der Waals surface area contributed by atoms with E-state index in [0.717, 1.165) is 16.9 Å². The van der Waals surface area contributed by atoms with E-state index in [1.807, 2.05) is 6.07 Å². The van der Waals surface area contributed by atoms with Gasteiger partial charge in [0, 0.05) is 39.6 Å². The molecule has 1 aromatic rings. The van der Waals surface area contributed by atoms with Crippen LogP contribution in [0.25, 0.3) is 0 Å². The van der Waals surface area contributed by atoms with Crippen LogP contribution < -0.4 is 4.90 Å². The Hall–Kier alpha value is 0.140. The molecule has 1 heterocycles. The quantitative estimate of drug-likeness (QED) is 0.729. The van der Waals surface area contributed by atoms with Crippen LogP contribution in [0.15, 0.2) is 18.2 Å². The highest BCUT2D eigenvalue weighted by molar-refractivity contribution is 9.08. The summed E-state index contributed by atoms with van der Waals surface area (Å²) in [6, 6.07) is 6.78. The first-order valence-corrected chi connectivity index (χ1v) is 8.41. The fourth-order valence-corrected chi connectivity index (χ4v) is 3.96. The smallest absolute Gasteiger partial charge is 0.0411 e. The average Bonchev–Trinajstić information content (AvgIpc) is 2.33. The summed E-state index contributed by atoms with van der Waals surface area (Å²) in [5.74, 6) is 1.20. The van der Waals surface area contributed by atoms with E-state index in [4.69, 9.17) is 11.6 Å². The summed E-state index contributed by atoms with van der Waals surface area (Å²) in [5.41, 5.74) is 2.61. The lowest BCUT2D eigenvalue weighted by Gasteiger charge is -2.40. The topological polar surface area (TPSA) is 3.24 Å². The molecule has 1 aliphatic rings. The van der Waals surface area contributed by atoms with E-state index in [1.165, 1.54) is 17.0 Å². The molecule has 4 heteroatoms. The second-order valence-corrected chi connectivity index (χ2v) is 6.90. The van der Waals surface area contributed by atoms with E-state index in [2.05, 4.69) is 58.6 Å². The highest BCUT2D eigenvalue weighted by Crippen LogP contribution is 2.33. The number of hydrogen-bond acceptors (Lipinski definition) is 2. The Morgan fingerprint density at radius 3 is 2.94 bits per heavy atom. The van der Waals surface area contributed by atoms with Gasteiger partial charge in [-0.3, -0.25) is 0 Å². The zero-order valence-electron chi connectivity index (χ0n) is 10.1. The van der Waals surface area contributed by atoms with Crippen LogP contribution in [0.4, 0.5) is 5.69 Å². The van der Waals surface area contributed by atoms with Crippen molar-refractivity contribution in [2.75, 3.05) is 17.2 Å². The molecule has 0 N–H and O–H groups in total. The molecule has 0 aliphatic carbocycles.